The van der Waals surface area contributed by atoms with Gasteiger partial charge in [-0.2, -0.15) is 0 Å². The van der Waals surface area contributed by atoms with Gasteiger partial charge in [-0.1, -0.05) is 0 Å². The van der Waals surface area contributed by atoms with Crippen LogP contribution in [0.3, 0.4) is 0 Å². The Balaban J connectivity index is -0.00000000614. The van der Waals surface area contributed by atoms with Gasteiger partial charge in [-0.3, -0.25) is 4.46 Å². The first-order valence-corrected chi connectivity index (χ1v) is 4.30. The summed E-state index contributed by atoms with van der Waals surface area (Å²) in [6.45, 7) is 0. The number of hydrogen-bond acceptors (Lipinski definition) is 2. The van der Waals surface area contributed by atoms with Crippen molar-refractivity contribution in [1.82, 2.24) is 0 Å². The van der Waals surface area contributed by atoms with Crippen LogP contribution in [-0.2, 0) is 28.5 Å². The first-order chi connectivity index (χ1) is 3.73. The fourth-order valence-corrected chi connectivity index (χ4v) is 0. The molecule has 0 aliphatic rings. The van der Waals surface area contributed by atoms with E-state index in [1.165, 1.54) is 0 Å². The molecule has 0 spiro atoms. The molecule has 0 amide bonds. The van der Waals surface area contributed by atoms with E-state index in [0.29, 0.717) is 0 Å². The van der Waals surface area contributed by atoms with Crippen LogP contribution in [-0.4, -0.2) is 117 Å². The van der Waals surface area contributed by atoms with Gasteiger partial charge in [0.1, 0.15) is 0 Å². The van der Waals surface area contributed by atoms with E-state index in [0.717, 1.165) is 0 Å². The molecule has 0 aliphatic carbocycles. The van der Waals surface area contributed by atoms with Crippen molar-refractivity contribution in [3.8, 4) is 0 Å². The summed E-state index contributed by atoms with van der Waals surface area (Å²) < 4.78 is 17.6. The molecule has 66 valence electrons. The van der Waals surface area contributed by atoms with Crippen LogP contribution in [0.5, 0.6) is 0 Å². The monoisotopic (exact) mass is 372 g/mol. The molecule has 0 aliphatic heterocycles. The van der Waals surface area contributed by atoms with E-state index >= 15 is 0 Å². The third kappa shape index (κ3) is 200. The fraction of sp³-hybridized carbons (Fsp3) is 0. The molecule has 0 rings (SSSR count). The molecule has 0 bridgehead atoms. The maximum absolute atomic E-state index is 8.88. The van der Waals surface area contributed by atoms with Crippen molar-refractivity contribution in [3.05, 3.63) is 0 Å². The Labute approximate surface area is 156 Å². The van der Waals surface area contributed by atoms with E-state index in [1.807, 2.05) is 0 Å². The van der Waals surface area contributed by atoms with Crippen LogP contribution < -0.4 is 0 Å². The Kier molecular flexibility index (Phi) is 40.5. The molecule has 0 saturated carbocycles. The van der Waals surface area contributed by atoms with Crippen LogP contribution in [0.25, 0.3) is 0 Å². The molecule has 0 heterocycles. The third-order valence-corrected chi connectivity index (χ3v) is 0. The van der Waals surface area contributed by atoms with Gasteiger partial charge in [0.05, 0.1) is 0 Å². The quantitative estimate of drug-likeness (QED) is 0.228. The number of rotatable bonds is 0. The fourth-order valence-electron chi connectivity index (χ4n) is 0. The molecule has 0 aromatic carbocycles. The van der Waals surface area contributed by atoms with Gasteiger partial charge in [0, 0.05) is 19.5 Å². The van der Waals surface area contributed by atoms with Crippen molar-refractivity contribution >= 4 is 100 Å². The van der Waals surface area contributed by atoms with Gasteiger partial charge >= 0.3 is 100 Å². The van der Waals surface area contributed by atoms with E-state index in [2.05, 4.69) is 0 Å². The second-order valence-electron chi connectivity index (χ2n) is 0.796. The van der Waals surface area contributed by atoms with Crippen LogP contribution >= 0.6 is 7.82 Å². The SMILES string of the molecule is O=P(O)(O)O.O=[Si](O)O.[Ca+2].[H-].[H-].[H-].[H-].[Sr+2].[Zn]. The summed E-state index contributed by atoms with van der Waals surface area (Å²) in [6, 6.07) is 0. The number of phosphoric acid groups is 1. The molecule has 5 N–H and O–H groups in total. The van der Waals surface area contributed by atoms with Crippen LogP contribution in [0.1, 0.15) is 5.71 Å². The van der Waals surface area contributed by atoms with Crippen molar-refractivity contribution in [2.24, 2.45) is 0 Å². The average molecular weight is 373 g/mol. The van der Waals surface area contributed by atoms with E-state index in [4.69, 9.17) is 33.3 Å². The first kappa shape index (κ1) is 29.4. The predicted molar refractivity (Wildman–Crippen MR) is 41.1 cm³/mol. The second kappa shape index (κ2) is 16.5. The molecular formula is H9CaO7PSiSrZn. The van der Waals surface area contributed by atoms with E-state index in [1.54, 1.807) is 0 Å². The van der Waals surface area contributed by atoms with Gasteiger partial charge < -0.3 is 30.0 Å². The summed E-state index contributed by atoms with van der Waals surface area (Å²) in [7, 11) is -7.77. The zero-order valence-electron chi connectivity index (χ0n) is 10.1. The molecule has 0 radical (unpaired) electrons. The summed E-state index contributed by atoms with van der Waals surface area (Å²) in [5, 5.41) is 0. The predicted octanol–water partition coefficient (Wildman–Crippen LogP) is -2.86. The molecule has 0 saturated heterocycles. The largest absolute Gasteiger partial charge is 2.00 e. The molecule has 0 aromatic rings. The van der Waals surface area contributed by atoms with E-state index < -0.39 is 17.0 Å². The third-order valence-electron chi connectivity index (χ3n) is 0. The normalized spacial score (nSPS) is 6.92. The van der Waals surface area contributed by atoms with Crippen LogP contribution in [0.4, 0.5) is 0 Å². The van der Waals surface area contributed by atoms with Crippen LogP contribution in [0.15, 0.2) is 0 Å². The molecule has 0 unspecified atom stereocenters. The van der Waals surface area contributed by atoms with E-state index in [-0.39, 0.29) is 108 Å². The van der Waals surface area contributed by atoms with Crippen molar-refractivity contribution in [3.63, 3.8) is 0 Å². The van der Waals surface area contributed by atoms with Gasteiger partial charge in [-0.15, -0.1) is 0 Å². The Bertz CT molecular complexity index is 136. The van der Waals surface area contributed by atoms with Crippen LogP contribution in [0.2, 0.25) is 0 Å². The smallest absolute Gasteiger partial charge is 1.00 e. The summed E-state index contributed by atoms with van der Waals surface area (Å²) in [4.78, 5) is 35.9. The van der Waals surface area contributed by atoms with Crippen molar-refractivity contribution in [1.29, 1.82) is 0 Å². The average Bonchev–Trinajstić information content (AvgIpc) is 1.19. The Morgan fingerprint density at radius 1 is 1.17 bits per heavy atom. The Hall–Kier alpha value is 3.09. The zero-order valence-corrected chi connectivity index (χ0v) is 16.7. The van der Waals surface area contributed by atoms with Gasteiger partial charge in [0.25, 0.3) is 0 Å². The van der Waals surface area contributed by atoms with Gasteiger partial charge in [-0.25, -0.2) is 4.57 Å². The summed E-state index contributed by atoms with van der Waals surface area (Å²) >= 11 is 0. The Morgan fingerprint density at radius 2 is 1.17 bits per heavy atom. The Morgan fingerprint density at radius 3 is 1.17 bits per heavy atom. The molecular weight excluding hydrogens is 364 g/mol. The van der Waals surface area contributed by atoms with Crippen molar-refractivity contribution in [2.75, 3.05) is 0 Å². The second-order valence-corrected chi connectivity index (χ2v) is 2.39. The maximum atomic E-state index is 8.88. The standard InChI is InChI=1S/Ca.H3O4P.H2O3Si.Sr.Zn.4H/c;1-5(2,3)4;1-4(2)3;;;;;;/h;(H3,1,2,3,4);1-2H;;;;;;/q+2;;;+2;;4*-1. The maximum Gasteiger partial charge on any atom is 2.00 e. The van der Waals surface area contributed by atoms with Gasteiger partial charge in [0.15, 0.2) is 0 Å². The van der Waals surface area contributed by atoms with Crippen molar-refractivity contribution < 1.29 is 58.5 Å². The first-order valence-electron chi connectivity index (χ1n) is 1.43. The summed E-state index contributed by atoms with van der Waals surface area (Å²) in [6.07, 6.45) is 0. The molecule has 7 nitrogen and oxygen atoms in total. The van der Waals surface area contributed by atoms with Gasteiger partial charge in [-0.05, 0) is 0 Å². The molecule has 0 fully saturated rings. The molecule has 0 aromatic heterocycles. The van der Waals surface area contributed by atoms with Crippen molar-refractivity contribution in [2.45, 2.75) is 0 Å². The summed E-state index contributed by atoms with van der Waals surface area (Å²) in [5.74, 6) is 0. The minimum atomic E-state index is -4.64. The zero-order chi connectivity index (χ0) is 8.08. The molecule has 0 atom stereocenters. The minimum Gasteiger partial charge on any atom is -1.00 e. The van der Waals surface area contributed by atoms with E-state index in [9.17, 15) is 0 Å². The molecule has 12 heavy (non-hydrogen) atoms. The topological polar surface area (TPSA) is 135 Å². The minimum absolute atomic E-state index is 0. The van der Waals surface area contributed by atoms with Gasteiger partial charge in [0.2, 0.25) is 0 Å². The molecule has 12 heteroatoms. The summed E-state index contributed by atoms with van der Waals surface area (Å²) in [5.41, 5.74) is 0. The van der Waals surface area contributed by atoms with Crippen LogP contribution in [0, 0.1) is 0 Å². The number of hydrogen-bond donors (Lipinski definition) is 5.